The van der Waals surface area contributed by atoms with Gasteiger partial charge in [-0.15, -0.1) is 11.3 Å². The monoisotopic (exact) mass is 342 g/mol. The number of halogens is 1. The Balaban J connectivity index is 2.03. The van der Waals surface area contributed by atoms with Gasteiger partial charge >= 0.3 is 5.97 Å². The molecule has 1 aromatic carbocycles. The van der Waals surface area contributed by atoms with Gasteiger partial charge in [0, 0.05) is 12.1 Å². The van der Waals surface area contributed by atoms with Gasteiger partial charge in [-0.3, -0.25) is 0 Å². The van der Waals surface area contributed by atoms with E-state index in [1.54, 1.807) is 18.2 Å². The second-order valence-electron chi connectivity index (χ2n) is 5.39. The highest BCUT2D eigenvalue weighted by Gasteiger charge is 2.13. The van der Waals surface area contributed by atoms with E-state index in [0.29, 0.717) is 12.1 Å². The number of carbonyl (C=O) groups is 1. The average molecular weight is 342 g/mol. The standard InChI is InChI=1S/C18H15FN2O2S/c1-10(2)17-21-16-11(7-12(19)9-15(16)24-17)8-13-5-4-6-14(20-13)18(22)23-3/h4-7,9H,1,8H2,2-3H3. The molecule has 0 atom stereocenters. The molecule has 0 saturated carbocycles. The average Bonchev–Trinajstić information content (AvgIpc) is 2.98. The summed E-state index contributed by atoms with van der Waals surface area (Å²) in [6.45, 7) is 5.76. The Kier molecular flexibility index (Phi) is 4.40. The number of hydrogen-bond acceptors (Lipinski definition) is 5. The van der Waals surface area contributed by atoms with Crippen molar-refractivity contribution in [3.63, 3.8) is 0 Å². The van der Waals surface area contributed by atoms with E-state index in [9.17, 15) is 9.18 Å². The molecule has 0 aliphatic rings. The van der Waals surface area contributed by atoms with Crippen molar-refractivity contribution in [2.75, 3.05) is 7.11 Å². The van der Waals surface area contributed by atoms with Crippen molar-refractivity contribution in [2.24, 2.45) is 0 Å². The molecule has 0 bridgehead atoms. The quantitative estimate of drug-likeness (QED) is 0.666. The van der Waals surface area contributed by atoms with Crippen molar-refractivity contribution < 1.29 is 13.9 Å². The molecule has 0 aliphatic heterocycles. The topological polar surface area (TPSA) is 52.1 Å². The van der Waals surface area contributed by atoms with Gasteiger partial charge in [0.2, 0.25) is 0 Å². The number of esters is 1. The lowest BCUT2D eigenvalue weighted by Crippen LogP contribution is -2.06. The van der Waals surface area contributed by atoms with Gasteiger partial charge < -0.3 is 4.74 Å². The van der Waals surface area contributed by atoms with Crippen LogP contribution in [-0.2, 0) is 11.2 Å². The second-order valence-corrected chi connectivity index (χ2v) is 6.42. The van der Waals surface area contributed by atoms with E-state index < -0.39 is 5.97 Å². The Morgan fingerprint density at radius 3 is 2.83 bits per heavy atom. The van der Waals surface area contributed by atoms with E-state index >= 15 is 0 Å². The molecule has 0 unspecified atom stereocenters. The number of carbonyl (C=O) groups excluding carboxylic acids is 1. The molecule has 0 aliphatic carbocycles. The molecule has 6 heteroatoms. The number of ether oxygens (including phenoxy) is 1. The van der Waals surface area contributed by atoms with Crippen LogP contribution in [0.3, 0.4) is 0 Å². The first-order chi connectivity index (χ1) is 11.5. The summed E-state index contributed by atoms with van der Waals surface area (Å²) in [5.74, 6) is -0.821. The van der Waals surface area contributed by atoms with E-state index in [1.165, 1.54) is 30.6 Å². The van der Waals surface area contributed by atoms with E-state index in [4.69, 9.17) is 0 Å². The summed E-state index contributed by atoms with van der Waals surface area (Å²) in [6.07, 6.45) is 0.373. The SMILES string of the molecule is C=C(C)c1nc2c(Cc3cccc(C(=O)OC)n3)cc(F)cc2s1. The van der Waals surface area contributed by atoms with Crippen molar-refractivity contribution in [1.82, 2.24) is 9.97 Å². The number of nitrogens with zero attached hydrogens (tertiary/aromatic N) is 2. The molecule has 122 valence electrons. The highest BCUT2D eigenvalue weighted by Crippen LogP contribution is 2.30. The van der Waals surface area contributed by atoms with Gasteiger partial charge in [0.05, 0.1) is 17.3 Å². The van der Waals surface area contributed by atoms with Crippen LogP contribution in [0.5, 0.6) is 0 Å². The summed E-state index contributed by atoms with van der Waals surface area (Å²) in [4.78, 5) is 20.4. The summed E-state index contributed by atoms with van der Waals surface area (Å²) in [5, 5.41) is 0.785. The zero-order valence-corrected chi connectivity index (χ0v) is 14.1. The van der Waals surface area contributed by atoms with Crippen molar-refractivity contribution >= 4 is 33.1 Å². The van der Waals surface area contributed by atoms with Gasteiger partial charge in [-0.05, 0) is 42.3 Å². The summed E-state index contributed by atoms with van der Waals surface area (Å²) in [5.41, 5.74) is 3.18. The van der Waals surface area contributed by atoms with Crippen LogP contribution in [0, 0.1) is 5.82 Å². The van der Waals surface area contributed by atoms with Crippen LogP contribution >= 0.6 is 11.3 Å². The second kappa shape index (κ2) is 6.49. The predicted molar refractivity (Wildman–Crippen MR) is 92.7 cm³/mol. The molecule has 4 nitrogen and oxygen atoms in total. The van der Waals surface area contributed by atoms with Crippen LogP contribution in [-0.4, -0.2) is 23.0 Å². The maximum absolute atomic E-state index is 13.9. The fourth-order valence-corrected chi connectivity index (χ4v) is 3.33. The third-order valence-corrected chi connectivity index (χ3v) is 4.64. The predicted octanol–water partition coefficient (Wildman–Crippen LogP) is 4.24. The van der Waals surface area contributed by atoms with E-state index in [-0.39, 0.29) is 11.5 Å². The van der Waals surface area contributed by atoms with E-state index in [1.807, 2.05) is 6.92 Å². The van der Waals surface area contributed by atoms with Crippen LogP contribution in [0.2, 0.25) is 0 Å². The van der Waals surface area contributed by atoms with Crippen molar-refractivity contribution in [2.45, 2.75) is 13.3 Å². The number of benzene rings is 1. The first-order valence-corrected chi connectivity index (χ1v) is 8.08. The zero-order chi connectivity index (χ0) is 17.3. The maximum Gasteiger partial charge on any atom is 0.356 e. The summed E-state index contributed by atoms with van der Waals surface area (Å²) in [7, 11) is 1.31. The number of fused-ring (bicyclic) bond motifs is 1. The molecule has 0 fully saturated rings. The molecule has 2 heterocycles. The van der Waals surface area contributed by atoms with Crippen LogP contribution in [0.1, 0.15) is 33.7 Å². The molecule has 0 spiro atoms. The first-order valence-electron chi connectivity index (χ1n) is 7.27. The number of thiazole rings is 1. The van der Waals surface area contributed by atoms with Gasteiger partial charge in [0.15, 0.2) is 0 Å². The number of aromatic nitrogens is 2. The molecule has 0 N–H and O–H groups in total. The molecule has 0 radical (unpaired) electrons. The van der Waals surface area contributed by atoms with Gasteiger partial charge in [-0.1, -0.05) is 12.6 Å². The highest BCUT2D eigenvalue weighted by atomic mass is 32.1. The fourth-order valence-electron chi connectivity index (χ4n) is 2.37. The normalized spacial score (nSPS) is 10.8. The smallest absolute Gasteiger partial charge is 0.356 e. The minimum Gasteiger partial charge on any atom is -0.464 e. The number of rotatable bonds is 4. The van der Waals surface area contributed by atoms with Gasteiger partial charge in [0.25, 0.3) is 0 Å². The van der Waals surface area contributed by atoms with Crippen LogP contribution in [0.25, 0.3) is 15.8 Å². The van der Waals surface area contributed by atoms with Gasteiger partial charge in [0.1, 0.15) is 16.5 Å². The number of hydrogen-bond donors (Lipinski definition) is 0. The zero-order valence-electron chi connectivity index (χ0n) is 13.3. The van der Waals surface area contributed by atoms with Gasteiger partial charge in [-0.2, -0.15) is 0 Å². The Morgan fingerprint density at radius 2 is 2.12 bits per heavy atom. The Bertz CT molecular complexity index is 949. The maximum atomic E-state index is 13.9. The molecular formula is C18H15FN2O2S. The van der Waals surface area contributed by atoms with Crippen molar-refractivity contribution in [1.29, 1.82) is 0 Å². The molecule has 3 rings (SSSR count). The lowest BCUT2D eigenvalue weighted by atomic mass is 10.1. The first kappa shape index (κ1) is 16.3. The largest absolute Gasteiger partial charge is 0.464 e. The number of pyridine rings is 1. The molecule has 24 heavy (non-hydrogen) atoms. The van der Waals surface area contributed by atoms with E-state index in [0.717, 1.165) is 26.4 Å². The Labute approximate surface area is 142 Å². The molecule has 0 saturated heterocycles. The molecule has 0 amide bonds. The molecule has 3 aromatic rings. The highest BCUT2D eigenvalue weighted by molar-refractivity contribution is 7.19. The lowest BCUT2D eigenvalue weighted by Gasteiger charge is -2.05. The Morgan fingerprint density at radius 1 is 1.33 bits per heavy atom. The summed E-state index contributed by atoms with van der Waals surface area (Å²) < 4.78 is 19.4. The molecular weight excluding hydrogens is 327 g/mol. The van der Waals surface area contributed by atoms with E-state index in [2.05, 4.69) is 21.3 Å². The van der Waals surface area contributed by atoms with Crippen LogP contribution < -0.4 is 0 Å². The van der Waals surface area contributed by atoms with Crippen molar-refractivity contribution in [3.8, 4) is 0 Å². The van der Waals surface area contributed by atoms with Crippen LogP contribution in [0.4, 0.5) is 4.39 Å². The third kappa shape index (κ3) is 3.19. The minimum atomic E-state index is -0.500. The Hall–Kier alpha value is -2.60. The van der Waals surface area contributed by atoms with Crippen molar-refractivity contribution in [3.05, 3.63) is 64.7 Å². The molecule has 2 aromatic heterocycles. The summed E-state index contributed by atoms with van der Waals surface area (Å²) in [6, 6.07) is 8.02. The summed E-state index contributed by atoms with van der Waals surface area (Å²) >= 11 is 1.41. The lowest BCUT2D eigenvalue weighted by molar-refractivity contribution is 0.0593. The number of allylic oxidation sites excluding steroid dienone is 1. The number of methoxy groups -OCH3 is 1. The minimum absolute atomic E-state index is 0.226. The fraction of sp³-hybridized carbons (Fsp3) is 0.167. The third-order valence-electron chi connectivity index (χ3n) is 3.48. The van der Waals surface area contributed by atoms with Crippen LogP contribution in [0.15, 0.2) is 36.9 Å². The van der Waals surface area contributed by atoms with Gasteiger partial charge in [-0.25, -0.2) is 19.2 Å².